The Labute approximate surface area is 98.0 Å². The Hall–Kier alpha value is -2.04. The van der Waals surface area contributed by atoms with Gasteiger partial charge in [-0.05, 0) is 6.07 Å². The fourth-order valence-electron chi connectivity index (χ4n) is 1.95. The van der Waals surface area contributed by atoms with Gasteiger partial charge in [-0.2, -0.15) is 0 Å². The fraction of sp³-hybridized carbons (Fsp3) is 0.333. The average Bonchev–Trinajstić information content (AvgIpc) is 2.71. The van der Waals surface area contributed by atoms with Gasteiger partial charge in [0.05, 0.1) is 19.4 Å². The number of para-hydroxylation sites is 1. The molecule has 0 aromatic heterocycles. The minimum Gasteiger partial charge on any atom is -0.550 e. The number of esters is 1. The summed E-state index contributed by atoms with van der Waals surface area (Å²) in [4.78, 5) is 22.1. The third-order valence-corrected chi connectivity index (χ3v) is 2.76. The summed E-state index contributed by atoms with van der Waals surface area (Å²) in [7, 11) is 1.48. The van der Waals surface area contributed by atoms with E-state index in [2.05, 4.69) is 0 Å². The van der Waals surface area contributed by atoms with Crippen LogP contribution in [0.3, 0.4) is 0 Å². The highest BCUT2D eigenvalue weighted by Crippen LogP contribution is 2.39. The predicted octanol–water partition coefficient (Wildman–Crippen LogP) is 0.0493. The molecular formula is C12H11O5-. The number of methoxy groups -OCH3 is 1. The van der Waals surface area contributed by atoms with Gasteiger partial charge in [0.1, 0.15) is 11.9 Å². The number of carbonyl (C=O) groups is 2. The van der Waals surface area contributed by atoms with E-state index in [1.54, 1.807) is 24.3 Å². The van der Waals surface area contributed by atoms with Crippen LogP contribution in [0.15, 0.2) is 24.3 Å². The zero-order chi connectivity index (χ0) is 12.4. The lowest BCUT2D eigenvalue weighted by Crippen LogP contribution is -2.33. The summed E-state index contributed by atoms with van der Waals surface area (Å²) < 4.78 is 10.1. The van der Waals surface area contributed by atoms with E-state index >= 15 is 0 Å². The van der Waals surface area contributed by atoms with Gasteiger partial charge < -0.3 is 19.4 Å². The molecule has 0 aliphatic carbocycles. The molecule has 1 aromatic rings. The minimum absolute atomic E-state index is 0.162. The van der Waals surface area contributed by atoms with E-state index in [4.69, 9.17) is 9.47 Å². The summed E-state index contributed by atoms with van der Waals surface area (Å²) in [6.07, 6.45) is -0.992. The first-order valence-electron chi connectivity index (χ1n) is 5.16. The molecule has 2 rings (SSSR count). The highest BCUT2D eigenvalue weighted by Gasteiger charge is 2.38. The number of rotatable bonds is 3. The van der Waals surface area contributed by atoms with Crippen molar-refractivity contribution in [3.63, 3.8) is 0 Å². The Morgan fingerprint density at radius 2 is 2.18 bits per heavy atom. The van der Waals surface area contributed by atoms with Gasteiger partial charge in [-0.15, -0.1) is 0 Å². The number of hydrogen-bond donors (Lipinski definition) is 0. The quantitative estimate of drug-likeness (QED) is 0.692. The first-order valence-corrected chi connectivity index (χ1v) is 5.16. The van der Waals surface area contributed by atoms with Gasteiger partial charge in [0, 0.05) is 11.5 Å². The number of carboxylic acid groups (broad SMARTS) is 1. The zero-order valence-corrected chi connectivity index (χ0v) is 9.21. The Morgan fingerprint density at radius 1 is 1.47 bits per heavy atom. The van der Waals surface area contributed by atoms with Crippen LogP contribution in [0.4, 0.5) is 0 Å². The van der Waals surface area contributed by atoms with E-state index < -0.39 is 24.0 Å². The standard InChI is InChI=1S/C12H12O5/c1-16-9-5-3-2-4-7(9)11-8(12(14)15)6-10(13)17-11/h2-5,8,11H,6H2,1H3,(H,14,15)/p-1/t8-,11-/m1/s1. The summed E-state index contributed by atoms with van der Waals surface area (Å²) >= 11 is 0. The molecule has 1 aliphatic rings. The highest BCUT2D eigenvalue weighted by atomic mass is 16.6. The van der Waals surface area contributed by atoms with E-state index in [1.165, 1.54) is 7.11 Å². The van der Waals surface area contributed by atoms with E-state index in [9.17, 15) is 14.7 Å². The number of benzene rings is 1. The van der Waals surface area contributed by atoms with Crippen LogP contribution in [0, 0.1) is 5.92 Å². The molecule has 1 fully saturated rings. The molecule has 0 spiro atoms. The van der Waals surface area contributed by atoms with Gasteiger partial charge in [-0.25, -0.2) is 0 Å². The van der Waals surface area contributed by atoms with Gasteiger partial charge >= 0.3 is 5.97 Å². The van der Waals surface area contributed by atoms with E-state index in [0.29, 0.717) is 11.3 Å². The third kappa shape index (κ3) is 2.08. The lowest BCUT2D eigenvalue weighted by molar-refractivity contribution is -0.312. The molecule has 90 valence electrons. The molecular weight excluding hydrogens is 224 g/mol. The first kappa shape index (κ1) is 11.4. The second kappa shape index (κ2) is 4.45. The van der Waals surface area contributed by atoms with Crippen LogP contribution in [-0.2, 0) is 14.3 Å². The highest BCUT2D eigenvalue weighted by molar-refractivity contribution is 5.82. The Balaban J connectivity index is 2.38. The lowest BCUT2D eigenvalue weighted by atomic mass is 9.95. The molecule has 1 aromatic carbocycles. The van der Waals surface area contributed by atoms with Crippen LogP contribution in [0.25, 0.3) is 0 Å². The van der Waals surface area contributed by atoms with Crippen molar-refractivity contribution in [3.05, 3.63) is 29.8 Å². The van der Waals surface area contributed by atoms with Gasteiger partial charge in [0.25, 0.3) is 0 Å². The monoisotopic (exact) mass is 235 g/mol. The van der Waals surface area contributed by atoms with Gasteiger partial charge in [0.15, 0.2) is 0 Å². The maximum atomic E-state index is 11.2. The van der Waals surface area contributed by atoms with Crippen LogP contribution < -0.4 is 9.84 Å². The summed E-state index contributed by atoms with van der Waals surface area (Å²) in [6, 6.07) is 6.86. The van der Waals surface area contributed by atoms with Crippen molar-refractivity contribution in [1.82, 2.24) is 0 Å². The predicted molar refractivity (Wildman–Crippen MR) is 54.9 cm³/mol. The van der Waals surface area contributed by atoms with Crippen LogP contribution in [0.2, 0.25) is 0 Å². The summed E-state index contributed by atoms with van der Waals surface area (Å²) in [5, 5.41) is 10.9. The van der Waals surface area contributed by atoms with Crippen LogP contribution in [0.1, 0.15) is 18.1 Å². The minimum atomic E-state index is -1.29. The zero-order valence-electron chi connectivity index (χ0n) is 9.21. The number of carboxylic acids is 1. The molecule has 2 atom stereocenters. The van der Waals surface area contributed by atoms with Crippen LogP contribution in [-0.4, -0.2) is 19.0 Å². The normalized spacial score (nSPS) is 23.2. The topological polar surface area (TPSA) is 75.7 Å². The maximum Gasteiger partial charge on any atom is 0.307 e. The first-order chi connectivity index (χ1) is 8.13. The summed E-state index contributed by atoms with van der Waals surface area (Å²) in [6.45, 7) is 0. The number of cyclic esters (lactones) is 1. The largest absolute Gasteiger partial charge is 0.550 e. The molecule has 0 radical (unpaired) electrons. The molecule has 0 unspecified atom stereocenters. The molecule has 1 heterocycles. The molecule has 0 amide bonds. The fourth-order valence-corrected chi connectivity index (χ4v) is 1.95. The smallest absolute Gasteiger partial charge is 0.307 e. The van der Waals surface area contributed by atoms with Crippen molar-refractivity contribution in [2.45, 2.75) is 12.5 Å². The Bertz CT molecular complexity index is 454. The number of aliphatic carboxylic acids is 1. The van der Waals surface area contributed by atoms with E-state index in [0.717, 1.165) is 0 Å². The SMILES string of the molecule is COc1ccccc1[C@H]1OC(=O)C[C@H]1C(=O)[O-]. The number of carbonyl (C=O) groups excluding carboxylic acids is 2. The second-order valence-electron chi connectivity index (χ2n) is 3.78. The molecule has 0 saturated carbocycles. The molecule has 5 heteroatoms. The van der Waals surface area contributed by atoms with Gasteiger partial charge in [-0.3, -0.25) is 4.79 Å². The average molecular weight is 235 g/mol. The van der Waals surface area contributed by atoms with Crippen molar-refractivity contribution in [2.75, 3.05) is 7.11 Å². The number of hydrogen-bond acceptors (Lipinski definition) is 5. The maximum absolute atomic E-state index is 11.2. The van der Waals surface area contributed by atoms with Crippen molar-refractivity contribution in [2.24, 2.45) is 5.92 Å². The molecule has 17 heavy (non-hydrogen) atoms. The molecule has 1 aliphatic heterocycles. The van der Waals surface area contributed by atoms with Crippen LogP contribution in [0.5, 0.6) is 5.75 Å². The molecule has 0 bridgehead atoms. The van der Waals surface area contributed by atoms with E-state index in [-0.39, 0.29) is 6.42 Å². The van der Waals surface area contributed by atoms with Crippen molar-refractivity contribution >= 4 is 11.9 Å². The Kier molecular flexibility index (Phi) is 2.99. The molecule has 0 N–H and O–H groups in total. The van der Waals surface area contributed by atoms with Gasteiger partial charge in [-0.1, -0.05) is 18.2 Å². The molecule has 5 nitrogen and oxygen atoms in total. The van der Waals surface area contributed by atoms with Gasteiger partial charge in [0.2, 0.25) is 0 Å². The lowest BCUT2D eigenvalue weighted by Gasteiger charge is -2.20. The van der Waals surface area contributed by atoms with E-state index in [1.807, 2.05) is 0 Å². The summed E-state index contributed by atoms with van der Waals surface area (Å²) in [5.41, 5.74) is 0.551. The van der Waals surface area contributed by atoms with Crippen molar-refractivity contribution < 1.29 is 24.2 Å². The van der Waals surface area contributed by atoms with Crippen LogP contribution >= 0.6 is 0 Å². The number of ether oxygens (including phenoxy) is 2. The Morgan fingerprint density at radius 3 is 2.82 bits per heavy atom. The molecule has 1 saturated heterocycles. The third-order valence-electron chi connectivity index (χ3n) is 2.76. The summed E-state index contributed by atoms with van der Waals surface area (Å²) in [5.74, 6) is -2.28. The van der Waals surface area contributed by atoms with Crippen molar-refractivity contribution in [1.29, 1.82) is 0 Å². The van der Waals surface area contributed by atoms with Crippen molar-refractivity contribution in [3.8, 4) is 5.75 Å². The second-order valence-corrected chi connectivity index (χ2v) is 3.78.